The van der Waals surface area contributed by atoms with Crippen LogP contribution in [0.4, 0.5) is 0 Å². The minimum Gasteiger partial charge on any atom is -0.334 e. The molecule has 0 bridgehead atoms. The SMILES string of the molecule is CCC1CN(C)CCCN1C(=O)c1cc(Br)ccc1Br. The number of amides is 1. The normalized spacial score (nSPS) is 20.8. The molecule has 1 fully saturated rings. The number of likely N-dealkylation sites (N-methyl/N-ethyl adjacent to an activating group) is 1. The predicted molar refractivity (Wildman–Crippen MR) is 89.1 cm³/mol. The van der Waals surface area contributed by atoms with Crippen LogP contribution in [0.5, 0.6) is 0 Å². The molecule has 3 nitrogen and oxygen atoms in total. The van der Waals surface area contributed by atoms with E-state index in [-0.39, 0.29) is 5.91 Å². The van der Waals surface area contributed by atoms with Crippen LogP contribution >= 0.6 is 31.9 Å². The summed E-state index contributed by atoms with van der Waals surface area (Å²) < 4.78 is 1.79. The Balaban J connectivity index is 2.27. The molecule has 20 heavy (non-hydrogen) atoms. The van der Waals surface area contributed by atoms with Gasteiger partial charge in [-0.25, -0.2) is 0 Å². The van der Waals surface area contributed by atoms with Gasteiger partial charge < -0.3 is 9.80 Å². The highest BCUT2D eigenvalue weighted by Gasteiger charge is 2.27. The lowest BCUT2D eigenvalue weighted by Gasteiger charge is -2.30. The largest absolute Gasteiger partial charge is 0.334 e. The highest BCUT2D eigenvalue weighted by atomic mass is 79.9. The average molecular weight is 404 g/mol. The highest BCUT2D eigenvalue weighted by Crippen LogP contribution is 2.25. The second-order valence-corrected chi connectivity index (χ2v) is 7.07. The maximum Gasteiger partial charge on any atom is 0.255 e. The van der Waals surface area contributed by atoms with Gasteiger partial charge in [-0.1, -0.05) is 22.9 Å². The van der Waals surface area contributed by atoms with Gasteiger partial charge in [-0.05, 0) is 60.6 Å². The van der Waals surface area contributed by atoms with Gasteiger partial charge in [-0.15, -0.1) is 0 Å². The lowest BCUT2D eigenvalue weighted by atomic mass is 10.1. The zero-order valence-corrected chi connectivity index (χ0v) is 15.1. The van der Waals surface area contributed by atoms with Crippen molar-refractivity contribution in [2.24, 2.45) is 0 Å². The molecule has 1 aromatic carbocycles. The van der Waals surface area contributed by atoms with E-state index in [0.717, 1.165) is 47.0 Å². The molecule has 1 aliphatic rings. The maximum absolute atomic E-state index is 12.9. The Bertz CT molecular complexity index is 493. The summed E-state index contributed by atoms with van der Waals surface area (Å²) in [5.74, 6) is 0.125. The number of carbonyl (C=O) groups excluding carboxylic acids is 1. The third-order valence-corrected chi connectivity index (χ3v) is 4.98. The second-order valence-electron chi connectivity index (χ2n) is 5.30. The fourth-order valence-electron chi connectivity index (χ4n) is 2.68. The van der Waals surface area contributed by atoms with Gasteiger partial charge in [0.25, 0.3) is 5.91 Å². The van der Waals surface area contributed by atoms with Crippen LogP contribution in [0.1, 0.15) is 30.1 Å². The molecule has 1 amide bonds. The van der Waals surface area contributed by atoms with Crippen LogP contribution in [0.3, 0.4) is 0 Å². The van der Waals surface area contributed by atoms with Gasteiger partial charge in [0.2, 0.25) is 0 Å². The van der Waals surface area contributed by atoms with E-state index in [0.29, 0.717) is 6.04 Å². The summed E-state index contributed by atoms with van der Waals surface area (Å²) in [6, 6.07) is 6.05. The van der Waals surface area contributed by atoms with Crippen LogP contribution in [0.2, 0.25) is 0 Å². The number of hydrogen-bond donors (Lipinski definition) is 0. The smallest absolute Gasteiger partial charge is 0.255 e. The maximum atomic E-state index is 12.9. The molecule has 0 aromatic heterocycles. The third kappa shape index (κ3) is 3.62. The predicted octanol–water partition coefficient (Wildman–Crippen LogP) is 3.77. The molecule has 110 valence electrons. The zero-order valence-electron chi connectivity index (χ0n) is 11.9. The quantitative estimate of drug-likeness (QED) is 0.750. The molecule has 0 saturated carbocycles. The van der Waals surface area contributed by atoms with Crippen LogP contribution < -0.4 is 0 Å². The van der Waals surface area contributed by atoms with Crippen LogP contribution in [0, 0.1) is 0 Å². The van der Waals surface area contributed by atoms with Crippen molar-refractivity contribution in [1.29, 1.82) is 0 Å². The average Bonchev–Trinajstić information content (AvgIpc) is 2.62. The van der Waals surface area contributed by atoms with Crippen molar-refractivity contribution in [3.8, 4) is 0 Å². The molecule has 0 spiro atoms. The fourth-order valence-corrected chi connectivity index (χ4v) is 3.45. The number of halogens is 2. The Labute approximate surface area is 137 Å². The van der Waals surface area contributed by atoms with E-state index in [4.69, 9.17) is 0 Å². The van der Waals surface area contributed by atoms with E-state index in [2.05, 4.69) is 50.7 Å². The molecule has 1 unspecified atom stereocenters. The number of hydrogen-bond acceptors (Lipinski definition) is 2. The zero-order chi connectivity index (χ0) is 14.7. The van der Waals surface area contributed by atoms with Crippen molar-refractivity contribution >= 4 is 37.8 Å². The topological polar surface area (TPSA) is 23.6 Å². The van der Waals surface area contributed by atoms with Gasteiger partial charge >= 0.3 is 0 Å². The molecule has 1 heterocycles. The second kappa shape index (κ2) is 7.05. The first-order valence-corrected chi connectivity index (χ1v) is 8.56. The van der Waals surface area contributed by atoms with Crippen LogP contribution in [-0.4, -0.2) is 48.4 Å². The number of benzene rings is 1. The van der Waals surface area contributed by atoms with Crippen molar-refractivity contribution in [3.05, 3.63) is 32.7 Å². The Hall–Kier alpha value is -0.390. The monoisotopic (exact) mass is 402 g/mol. The molecule has 1 aliphatic heterocycles. The van der Waals surface area contributed by atoms with Gasteiger partial charge in [0, 0.05) is 28.1 Å². The number of rotatable bonds is 2. The summed E-state index contributed by atoms with van der Waals surface area (Å²) in [7, 11) is 2.13. The molecular weight excluding hydrogens is 384 g/mol. The molecule has 0 aliphatic carbocycles. The molecule has 2 rings (SSSR count). The fraction of sp³-hybridized carbons (Fsp3) is 0.533. The van der Waals surface area contributed by atoms with Crippen LogP contribution in [-0.2, 0) is 0 Å². The first-order chi connectivity index (χ1) is 9.52. The summed E-state index contributed by atoms with van der Waals surface area (Å²) in [5.41, 5.74) is 0.738. The lowest BCUT2D eigenvalue weighted by Crippen LogP contribution is -2.43. The van der Waals surface area contributed by atoms with Gasteiger partial charge in [-0.2, -0.15) is 0 Å². The van der Waals surface area contributed by atoms with Crippen molar-refractivity contribution in [2.75, 3.05) is 26.7 Å². The van der Waals surface area contributed by atoms with Crippen molar-refractivity contribution in [3.63, 3.8) is 0 Å². The molecule has 1 aromatic rings. The highest BCUT2D eigenvalue weighted by molar-refractivity contribution is 9.11. The molecule has 0 N–H and O–H groups in total. The minimum atomic E-state index is 0.125. The first-order valence-electron chi connectivity index (χ1n) is 6.97. The summed E-state index contributed by atoms with van der Waals surface area (Å²) in [4.78, 5) is 17.2. The van der Waals surface area contributed by atoms with Crippen molar-refractivity contribution in [1.82, 2.24) is 9.80 Å². The van der Waals surface area contributed by atoms with Gasteiger partial charge in [0.15, 0.2) is 0 Å². The Morgan fingerprint density at radius 3 is 2.80 bits per heavy atom. The van der Waals surface area contributed by atoms with Crippen LogP contribution in [0.25, 0.3) is 0 Å². The van der Waals surface area contributed by atoms with Gasteiger partial charge in [0.1, 0.15) is 0 Å². The molecular formula is C15H20Br2N2O. The van der Waals surface area contributed by atoms with E-state index < -0.39 is 0 Å². The van der Waals surface area contributed by atoms with Crippen LogP contribution in [0.15, 0.2) is 27.1 Å². The van der Waals surface area contributed by atoms with Gasteiger partial charge in [0.05, 0.1) is 5.56 Å². The van der Waals surface area contributed by atoms with E-state index in [1.165, 1.54) is 0 Å². The molecule has 0 radical (unpaired) electrons. The van der Waals surface area contributed by atoms with Gasteiger partial charge in [-0.3, -0.25) is 4.79 Å². The van der Waals surface area contributed by atoms with E-state index in [1.54, 1.807) is 0 Å². The molecule has 1 saturated heterocycles. The lowest BCUT2D eigenvalue weighted by molar-refractivity contribution is 0.0674. The Morgan fingerprint density at radius 1 is 1.35 bits per heavy atom. The summed E-state index contributed by atoms with van der Waals surface area (Å²) in [5, 5.41) is 0. The standard InChI is InChI=1S/C15H20Br2N2O/c1-3-12-10-18(2)7-4-8-19(12)15(20)13-9-11(16)5-6-14(13)17/h5-6,9,12H,3-4,7-8,10H2,1-2H3. The summed E-state index contributed by atoms with van der Waals surface area (Å²) in [6.45, 7) is 4.99. The van der Waals surface area contributed by atoms with Crippen molar-refractivity contribution < 1.29 is 4.79 Å². The first kappa shape index (κ1) is 16.0. The van der Waals surface area contributed by atoms with E-state index >= 15 is 0 Å². The van der Waals surface area contributed by atoms with Crippen molar-refractivity contribution in [2.45, 2.75) is 25.8 Å². The Kier molecular flexibility index (Phi) is 5.64. The summed E-state index contributed by atoms with van der Waals surface area (Å²) in [6.07, 6.45) is 2.02. The number of carbonyl (C=O) groups is 1. The Morgan fingerprint density at radius 2 is 2.10 bits per heavy atom. The minimum absolute atomic E-state index is 0.125. The van der Waals surface area contributed by atoms with E-state index in [9.17, 15) is 4.79 Å². The molecule has 1 atom stereocenters. The number of nitrogens with zero attached hydrogens (tertiary/aromatic N) is 2. The third-order valence-electron chi connectivity index (χ3n) is 3.79. The van der Waals surface area contributed by atoms with E-state index in [1.807, 2.05) is 23.1 Å². The molecule has 5 heteroatoms. The summed E-state index contributed by atoms with van der Waals surface area (Å²) >= 11 is 6.94.